The summed E-state index contributed by atoms with van der Waals surface area (Å²) in [6.45, 7) is 0.850. The molecule has 2 saturated heterocycles. The molecule has 3 amide bonds. The normalized spacial score (nSPS) is 24.3. The van der Waals surface area contributed by atoms with Crippen molar-refractivity contribution in [2.45, 2.75) is 11.5 Å². The van der Waals surface area contributed by atoms with E-state index in [1.54, 1.807) is 19.2 Å². The Morgan fingerprint density at radius 2 is 1.86 bits per heavy atom. The number of nitrogens with zero attached hydrogens (tertiary/aromatic N) is 4. The summed E-state index contributed by atoms with van der Waals surface area (Å²) in [7, 11) is 1.62. The molecule has 0 radical (unpaired) electrons. The molecule has 3 heterocycles. The third-order valence-electron chi connectivity index (χ3n) is 5.42. The van der Waals surface area contributed by atoms with E-state index in [0.29, 0.717) is 18.7 Å². The minimum absolute atomic E-state index is 0.0971. The monoisotopic (exact) mass is 415 g/mol. The van der Waals surface area contributed by atoms with Gasteiger partial charge in [0.15, 0.2) is 0 Å². The first-order valence-electron chi connectivity index (χ1n) is 8.54. The summed E-state index contributed by atoms with van der Waals surface area (Å²) in [4.78, 5) is 33.0. The van der Waals surface area contributed by atoms with Crippen LogP contribution in [0.2, 0.25) is 10.3 Å². The van der Waals surface area contributed by atoms with Gasteiger partial charge in [0.25, 0.3) is 5.91 Å². The first-order chi connectivity index (χ1) is 13.4. The van der Waals surface area contributed by atoms with E-state index in [1.807, 2.05) is 12.1 Å². The zero-order valence-corrected chi connectivity index (χ0v) is 16.3. The number of rotatable bonds is 2. The molecular formula is C19H15Cl2N5O2. The Labute approximate surface area is 171 Å². The number of hydrogen-bond acceptors (Lipinski definition) is 5. The molecule has 2 aliphatic heterocycles. The number of carbonyl (C=O) groups excluding carboxylic acids is 2. The molecule has 0 aliphatic carbocycles. The van der Waals surface area contributed by atoms with E-state index in [9.17, 15) is 9.59 Å². The molecule has 1 spiro atoms. The van der Waals surface area contributed by atoms with Gasteiger partial charge in [-0.05, 0) is 29.8 Å². The second-order valence-corrected chi connectivity index (χ2v) is 7.57. The molecule has 0 unspecified atom stereocenters. The number of benzene rings is 1. The number of imide groups is 1. The van der Waals surface area contributed by atoms with E-state index < -0.39 is 11.6 Å². The van der Waals surface area contributed by atoms with E-state index in [-0.39, 0.29) is 27.8 Å². The largest absolute Gasteiger partial charge is 0.332 e. The average Bonchev–Trinajstić information content (AvgIpc) is 3.19. The summed E-state index contributed by atoms with van der Waals surface area (Å²) in [6, 6.07) is 11.6. The van der Waals surface area contributed by atoms with Crippen molar-refractivity contribution in [1.29, 1.82) is 5.26 Å². The number of nitrogens with one attached hydrogen (secondary N) is 1. The summed E-state index contributed by atoms with van der Waals surface area (Å²) in [5.74, 6) is -0.614. The highest BCUT2D eigenvalue weighted by atomic mass is 35.5. The Kier molecular flexibility index (Phi) is 4.50. The van der Waals surface area contributed by atoms with Crippen molar-refractivity contribution in [3.8, 4) is 6.07 Å². The Morgan fingerprint density at radius 1 is 1.21 bits per heavy atom. The number of likely N-dealkylation sites (N-methyl/N-ethyl adjacent to an activating group) is 1. The van der Waals surface area contributed by atoms with Gasteiger partial charge < -0.3 is 10.2 Å². The number of carbonyl (C=O) groups is 2. The number of nitriles is 1. The van der Waals surface area contributed by atoms with Crippen LogP contribution in [0, 0.1) is 11.3 Å². The number of pyridine rings is 1. The van der Waals surface area contributed by atoms with Gasteiger partial charge in [-0.15, -0.1) is 0 Å². The summed E-state index contributed by atoms with van der Waals surface area (Å²) < 4.78 is 0. The van der Waals surface area contributed by atoms with Crippen molar-refractivity contribution in [2.75, 3.05) is 25.0 Å². The van der Waals surface area contributed by atoms with Gasteiger partial charge in [-0.2, -0.15) is 5.26 Å². The van der Waals surface area contributed by atoms with Gasteiger partial charge in [0.2, 0.25) is 0 Å². The summed E-state index contributed by atoms with van der Waals surface area (Å²) in [5, 5.41) is 12.5. The van der Waals surface area contributed by atoms with Crippen LogP contribution in [0.4, 0.5) is 10.5 Å². The van der Waals surface area contributed by atoms with E-state index in [1.165, 1.54) is 17.0 Å². The van der Waals surface area contributed by atoms with Crippen molar-refractivity contribution >= 4 is 40.8 Å². The lowest BCUT2D eigenvalue weighted by molar-refractivity contribution is -0.124. The van der Waals surface area contributed by atoms with Crippen molar-refractivity contribution in [1.82, 2.24) is 15.2 Å². The van der Waals surface area contributed by atoms with Crippen molar-refractivity contribution in [3.63, 3.8) is 0 Å². The minimum atomic E-state index is -1.08. The molecule has 1 aromatic heterocycles. The average molecular weight is 416 g/mol. The van der Waals surface area contributed by atoms with Crippen LogP contribution in [-0.4, -0.2) is 47.5 Å². The number of hydrogen-bond donors (Lipinski definition) is 1. The second kappa shape index (κ2) is 6.74. The lowest BCUT2D eigenvalue weighted by Gasteiger charge is -2.33. The molecule has 0 saturated carbocycles. The summed E-state index contributed by atoms with van der Waals surface area (Å²) in [6.07, 6.45) is 0. The van der Waals surface area contributed by atoms with Crippen LogP contribution < -0.4 is 10.2 Å². The van der Waals surface area contributed by atoms with E-state index >= 15 is 0 Å². The quantitative estimate of drug-likeness (QED) is 0.601. The second-order valence-electron chi connectivity index (χ2n) is 6.79. The van der Waals surface area contributed by atoms with Crippen LogP contribution in [-0.2, 0) is 4.79 Å². The molecule has 1 aromatic carbocycles. The summed E-state index contributed by atoms with van der Waals surface area (Å²) >= 11 is 11.9. The highest BCUT2D eigenvalue weighted by Gasteiger charge is 2.62. The highest BCUT2D eigenvalue weighted by molar-refractivity contribution is 6.33. The fraction of sp³-hybridized carbons (Fsp3) is 0.263. The van der Waals surface area contributed by atoms with Gasteiger partial charge >= 0.3 is 6.03 Å². The highest BCUT2D eigenvalue weighted by Crippen LogP contribution is 2.43. The van der Waals surface area contributed by atoms with Crippen molar-refractivity contribution in [3.05, 3.63) is 57.8 Å². The topological polar surface area (TPSA) is 89.3 Å². The Bertz CT molecular complexity index is 1000. The molecule has 2 atom stereocenters. The Balaban J connectivity index is 1.78. The lowest BCUT2D eigenvalue weighted by atomic mass is 9.80. The van der Waals surface area contributed by atoms with Gasteiger partial charge in [0.1, 0.15) is 15.8 Å². The molecule has 1 N–H and O–H groups in total. The fourth-order valence-corrected chi connectivity index (χ4v) is 4.46. The molecule has 142 valence electrons. The Morgan fingerprint density at radius 3 is 2.46 bits per heavy atom. The van der Waals surface area contributed by atoms with Gasteiger partial charge in [-0.3, -0.25) is 4.79 Å². The fourth-order valence-electron chi connectivity index (χ4n) is 4.01. The van der Waals surface area contributed by atoms with Gasteiger partial charge in [0, 0.05) is 26.1 Å². The zero-order chi connectivity index (χ0) is 20.1. The molecule has 2 aromatic rings. The molecule has 4 rings (SSSR count). The minimum Gasteiger partial charge on any atom is -0.313 e. The smallest absolute Gasteiger partial charge is 0.313 e. The Hall–Kier alpha value is -2.66. The number of aromatic nitrogens is 1. The first kappa shape index (κ1) is 18.7. The van der Waals surface area contributed by atoms with Crippen molar-refractivity contribution < 1.29 is 9.59 Å². The molecule has 2 fully saturated rings. The maximum atomic E-state index is 13.5. The van der Waals surface area contributed by atoms with Crippen LogP contribution in [0.5, 0.6) is 0 Å². The van der Waals surface area contributed by atoms with Crippen LogP contribution in [0.15, 0.2) is 36.4 Å². The third kappa shape index (κ3) is 2.65. The van der Waals surface area contributed by atoms with Gasteiger partial charge in [-0.25, -0.2) is 14.7 Å². The molecule has 28 heavy (non-hydrogen) atoms. The molecule has 9 heteroatoms. The van der Waals surface area contributed by atoms with Crippen molar-refractivity contribution in [2.24, 2.45) is 0 Å². The number of amides is 3. The predicted octanol–water partition coefficient (Wildman–Crippen LogP) is 2.78. The zero-order valence-electron chi connectivity index (χ0n) is 14.8. The first-order valence-corrected chi connectivity index (χ1v) is 9.30. The lowest BCUT2D eigenvalue weighted by Crippen LogP contribution is -2.53. The van der Waals surface area contributed by atoms with E-state index in [4.69, 9.17) is 28.5 Å². The molecule has 2 aliphatic rings. The maximum absolute atomic E-state index is 13.5. The van der Waals surface area contributed by atoms with Crippen LogP contribution in [0.3, 0.4) is 0 Å². The number of anilines is 1. The number of urea groups is 1. The van der Waals surface area contributed by atoms with E-state index in [2.05, 4.69) is 16.4 Å². The van der Waals surface area contributed by atoms with Crippen LogP contribution in [0.25, 0.3) is 0 Å². The maximum Gasteiger partial charge on any atom is 0.332 e. The SMILES string of the molecule is CN1C(=O)N(c2cc(Cl)nc(Cl)c2)C(=O)[C@]12CNC[C@H]2c1ccc(C#N)cc1. The number of halogens is 2. The standard InChI is InChI=1S/C19H15Cl2N5O2/c1-25-18(28)26(13-6-15(20)24-16(21)7-13)17(27)19(25)10-23-9-14(19)12-4-2-11(8-22)3-5-12/h2-7,14,23H,9-10H2,1H3/t14-,19+/m0/s1. The molecule has 7 nitrogen and oxygen atoms in total. The van der Waals surface area contributed by atoms with Crippen LogP contribution >= 0.6 is 23.2 Å². The molecule has 0 bridgehead atoms. The van der Waals surface area contributed by atoms with Crippen LogP contribution in [0.1, 0.15) is 17.0 Å². The van der Waals surface area contributed by atoms with Gasteiger partial charge in [0.05, 0.1) is 17.3 Å². The molecular weight excluding hydrogens is 401 g/mol. The summed E-state index contributed by atoms with van der Waals surface area (Å²) in [5.41, 5.74) is 0.625. The predicted molar refractivity (Wildman–Crippen MR) is 104 cm³/mol. The van der Waals surface area contributed by atoms with E-state index in [0.717, 1.165) is 10.5 Å². The third-order valence-corrected chi connectivity index (χ3v) is 5.80. The van der Waals surface area contributed by atoms with Gasteiger partial charge in [-0.1, -0.05) is 35.3 Å².